The normalized spacial score (nSPS) is 17.4. The summed E-state index contributed by atoms with van der Waals surface area (Å²) < 4.78 is 0. The molecule has 1 N–H and O–H groups in total. The second-order valence-corrected chi connectivity index (χ2v) is 5.12. The van der Waals surface area contributed by atoms with Crippen molar-refractivity contribution in [2.45, 2.75) is 12.5 Å². The van der Waals surface area contributed by atoms with Crippen LogP contribution in [0.25, 0.3) is 0 Å². The summed E-state index contributed by atoms with van der Waals surface area (Å²) in [7, 11) is 5.90. The number of amides is 1. The van der Waals surface area contributed by atoms with Gasteiger partial charge in [-0.05, 0) is 25.7 Å². The molecule has 1 amide bonds. The third kappa shape index (κ3) is 2.82. The van der Waals surface area contributed by atoms with Crippen LogP contribution in [-0.4, -0.2) is 56.0 Å². The number of rotatable bonds is 4. The summed E-state index contributed by atoms with van der Waals surface area (Å²) in [6.45, 7) is 1.66. The topological polar surface area (TPSA) is 35.6 Å². The molecule has 0 saturated heterocycles. The Kier molecular flexibility index (Phi) is 3.87. The van der Waals surface area contributed by atoms with E-state index >= 15 is 0 Å². The number of hydrogen-bond donors (Lipinski definition) is 1. The van der Waals surface area contributed by atoms with Crippen molar-refractivity contribution < 1.29 is 4.79 Å². The number of hydrogen-bond acceptors (Lipinski definition) is 3. The SMILES string of the molecule is CN(C)CCN(C)C(=O)[C@@H]1Cc2ccccc2N1. The lowest BCUT2D eigenvalue weighted by molar-refractivity contribution is -0.130. The Bertz CT molecular complexity index is 406. The number of benzene rings is 1. The average Bonchev–Trinajstić information content (AvgIpc) is 2.78. The van der Waals surface area contributed by atoms with Gasteiger partial charge in [0.1, 0.15) is 6.04 Å². The van der Waals surface area contributed by atoms with Gasteiger partial charge in [0, 0.05) is 32.2 Å². The van der Waals surface area contributed by atoms with Crippen molar-refractivity contribution in [3.63, 3.8) is 0 Å². The highest BCUT2D eigenvalue weighted by Gasteiger charge is 2.28. The molecule has 0 unspecified atom stereocenters. The second kappa shape index (κ2) is 5.40. The Balaban J connectivity index is 1.92. The molecule has 2 rings (SSSR count). The maximum Gasteiger partial charge on any atom is 0.245 e. The van der Waals surface area contributed by atoms with E-state index in [9.17, 15) is 4.79 Å². The first-order chi connectivity index (χ1) is 8.58. The van der Waals surface area contributed by atoms with Crippen LogP contribution in [0.4, 0.5) is 5.69 Å². The minimum Gasteiger partial charge on any atom is -0.373 e. The first-order valence-electron chi connectivity index (χ1n) is 6.32. The molecule has 0 aromatic heterocycles. The third-order valence-electron chi connectivity index (χ3n) is 3.33. The summed E-state index contributed by atoms with van der Waals surface area (Å²) in [6, 6.07) is 8.02. The van der Waals surface area contributed by atoms with Gasteiger partial charge in [-0.3, -0.25) is 4.79 Å². The summed E-state index contributed by atoms with van der Waals surface area (Å²) in [5.74, 6) is 0.174. The zero-order valence-electron chi connectivity index (χ0n) is 11.3. The van der Waals surface area contributed by atoms with E-state index in [4.69, 9.17) is 0 Å². The number of likely N-dealkylation sites (N-methyl/N-ethyl adjacent to an activating group) is 2. The van der Waals surface area contributed by atoms with Gasteiger partial charge in [0.15, 0.2) is 0 Å². The molecule has 1 aromatic carbocycles. The largest absolute Gasteiger partial charge is 0.373 e. The van der Waals surface area contributed by atoms with E-state index in [1.165, 1.54) is 5.56 Å². The van der Waals surface area contributed by atoms with Crippen molar-refractivity contribution in [2.75, 3.05) is 39.5 Å². The molecular formula is C14H21N3O. The molecule has 4 nitrogen and oxygen atoms in total. The molecule has 1 aliphatic heterocycles. The molecule has 1 aliphatic rings. The molecule has 0 aliphatic carbocycles. The number of carbonyl (C=O) groups excluding carboxylic acids is 1. The number of fused-ring (bicyclic) bond motifs is 1. The van der Waals surface area contributed by atoms with Crippen molar-refractivity contribution >= 4 is 11.6 Å². The summed E-state index contributed by atoms with van der Waals surface area (Å²) in [4.78, 5) is 16.2. The van der Waals surface area contributed by atoms with Crippen molar-refractivity contribution in [1.29, 1.82) is 0 Å². The minimum atomic E-state index is -0.102. The minimum absolute atomic E-state index is 0.102. The molecule has 0 radical (unpaired) electrons. The number of carbonyl (C=O) groups is 1. The Morgan fingerprint density at radius 3 is 2.67 bits per heavy atom. The Labute approximate surface area is 109 Å². The van der Waals surface area contributed by atoms with Crippen LogP contribution >= 0.6 is 0 Å². The molecule has 1 heterocycles. The number of anilines is 1. The quantitative estimate of drug-likeness (QED) is 0.863. The Morgan fingerprint density at radius 1 is 1.28 bits per heavy atom. The van der Waals surface area contributed by atoms with Crippen LogP contribution in [0.3, 0.4) is 0 Å². The van der Waals surface area contributed by atoms with Crippen LogP contribution in [-0.2, 0) is 11.2 Å². The molecule has 0 saturated carbocycles. The van der Waals surface area contributed by atoms with Gasteiger partial charge in [0.05, 0.1) is 0 Å². The first kappa shape index (κ1) is 12.9. The van der Waals surface area contributed by atoms with E-state index < -0.39 is 0 Å². The molecule has 1 atom stereocenters. The van der Waals surface area contributed by atoms with Gasteiger partial charge >= 0.3 is 0 Å². The van der Waals surface area contributed by atoms with Gasteiger partial charge in [-0.1, -0.05) is 18.2 Å². The monoisotopic (exact) mass is 247 g/mol. The molecule has 1 aromatic rings. The van der Waals surface area contributed by atoms with Crippen LogP contribution in [0.15, 0.2) is 24.3 Å². The molecule has 0 bridgehead atoms. The summed E-state index contributed by atoms with van der Waals surface area (Å²) >= 11 is 0. The van der Waals surface area contributed by atoms with Gasteiger partial charge < -0.3 is 15.1 Å². The fourth-order valence-corrected chi connectivity index (χ4v) is 2.17. The first-order valence-corrected chi connectivity index (χ1v) is 6.32. The smallest absolute Gasteiger partial charge is 0.245 e. The van der Waals surface area contributed by atoms with Gasteiger partial charge in [-0.25, -0.2) is 0 Å². The number of para-hydroxylation sites is 1. The standard InChI is InChI=1S/C14H21N3O/c1-16(2)8-9-17(3)14(18)13-10-11-6-4-5-7-12(11)15-13/h4-7,13,15H,8-10H2,1-3H3/t13-/m0/s1. The number of nitrogens with one attached hydrogen (secondary N) is 1. The molecule has 0 spiro atoms. The van der Waals surface area contributed by atoms with Crippen molar-refractivity contribution in [1.82, 2.24) is 9.80 Å². The lowest BCUT2D eigenvalue weighted by atomic mass is 10.1. The summed E-state index contributed by atoms with van der Waals surface area (Å²) in [6.07, 6.45) is 0.793. The maximum absolute atomic E-state index is 12.3. The van der Waals surface area contributed by atoms with Gasteiger partial charge in [0.25, 0.3) is 0 Å². The maximum atomic E-state index is 12.3. The molecule has 4 heteroatoms. The van der Waals surface area contributed by atoms with Crippen molar-refractivity contribution in [3.05, 3.63) is 29.8 Å². The van der Waals surface area contributed by atoms with Crippen LogP contribution in [0.2, 0.25) is 0 Å². The van der Waals surface area contributed by atoms with E-state index in [1.54, 1.807) is 0 Å². The van der Waals surface area contributed by atoms with Crippen LogP contribution in [0, 0.1) is 0 Å². The lowest BCUT2D eigenvalue weighted by Crippen LogP contribution is -2.42. The van der Waals surface area contributed by atoms with Crippen molar-refractivity contribution in [2.24, 2.45) is 0 Å². The predicted octanol–water partition coefficient (Wildman–Crippen LogP) is 1.04. The third-order valence-corrected chi connectivity index (χ3v) is 3.33. The van der Waals surface area contributed by atoms with E-state index in [-0.39, 0.29) is 11.9 Å². The average molecular weight is 247 g/mol. The second-order valence-electron chi connectivity index (χ2n) is 5.12. The Morgan fingerprint density at radius 2 is 2.00 bits per heavy atom. The highest BCUT2D eigenvalue weighted by atomic mass is 16.2. The molecular weight excluding hydrogens is 226 g/mol. The molecule has 0 fully saturated rings. The van der Waals surface area contributed by atoms with Gasteiger partial charge in [0.2, 0.25) is 5.91 Å². The fraction of sp³-hybridized carbons (Fsp3) is 0.500. The fourth-order valence-electron chi connectivity index (χ4n) is 2.17. The predicted molar refractivity (Wildman–Crippen MR) is 73.7 cm³/mol. The summed E-state index contributed by atoms with van der Waals surface area (Å²) in [5, 5.41) is 3.30. The van der Waals surface area contributed by atoms with Gasteiger partial charge in [-0.15, -0.1) is 0 Å². The van der Waals surface area contributed by atoms with E-state index in [0.29, 0.717) is 0 Å². The Hall–Kier alpha value is -1.55. The number of nitrogens with zero attached hydrogens (tertiary/aromatic N) is 2. The zero-order valence-corrected chi connectivity index (χ0v) is 11.3. The van der Waals surface area contributed by atoms with Crippen molar-refractivity contribution in [3.8, 4) is 0 Å². The molecule has 98 valence electrons. The van der Waals surface area contributed by atoms with Crippen LogP contribution < -0.4 is 5.32 Å². The summed E-state index contributed by atoms with van der Waals surface area (Å²) in [5.41, 5.74) is 2.33. The highest BCUT2D eigenvalue weighted by Crippen LogP contribution is 2.25. The zero-order chi connectivity index (χ0) is 13.1. The lowest BCUT2D eigenvalue weighted by Gasteiger charge is -2.23. The van der Waals surface area contributed by atoms with E-state index in [1.807, 2.05) is 44.2 Å². The van der Waals surface area contributed by atoms with Crippen LogP contribution in [0.5, 0.6) is 0 Å². The van der Waals surface area contributed by atoms with Crippen LogP contribution in [0.1, 0.15) is 5.56 Å². The molecule has 18 heavy (non-hydrogen) atoms. The highest BCUT2D eigenvalue weighted by molar-refractivity contribution is 5.87. The van der Waals surface area contributed by atoms with E-state index in [0.717, 1.165) is 25.2 Å². The van der Waals surface area contributed by atoms with E-state index in [2.05, 4.69) is 16.3 Å². The van der Waals surface area contributed by atoms with Gasteiger partial charge in [-0.2, -0.15) is 0 Å².